The number of thioether (sulfide) groups is 1. The van der Waals surface area contributed by atoms with E-state index in [9.17, 15) is 4.79 Å². The summed E-state index contributed by atoms with van der Waals surface area (Å²) in [6.07, 6.45) is 7.63. The van der Waals surface area contributed by atoms with Crippen LogP contribution in [0.15, 0.2) is 18.3 Å². The number of aromatic nitrogens is 1. The van der Waals surface area contributed by atoms with Gasteiger partial charge in [-0.3, -0.25) is 4.79 Å². The second-order valence-electron chi connectivity index (χ2n) is 5.31. The second-order valence-corrected chi connectivity index (χ2v) is 6.18. The smallest absolute Gasteiger partial charge is 0.231 e. The van der Waals surface area contributed by atoms with Crippen LogP contribution in [0.4, 0.5) is 5.82 Å². The number of nitrogens with zero attached hydrogens (tertiary/aromatic N) is 1. The van der Waals surface area contributed by atoms with E-state index in [-0.39, 0.29) is 11.3 Å². The van der Waals surface area contributed by atoms with Crippen LogP contribution in [-0.4, -0.2) is 30.9 Å². The van der Waals surface area contributed by atoms with Gasteiger partial charge < -0.3 is 10.1 Å². The first-order valence-corrected chi connectivity index (χ1v) is 8.34. The summed E-state index contributed by atoms with van der Waals surface area (Å²) in [5.74, 6) is 1.68. The molecule has 1 aromatic rings. The highest BCUT2D eigenvalue weighted by molar-refractivity contribution is 7.97. The first-order valence-electron chi connectivity index (χ1n) is 6.94. The number of anilines is 1. The van der Waals surface area contributed by atoms with Crippen molar-refractivity contribution >= 4 is 23.5 Å². The van der Waals surface area contributed by atoms with Gasteiger partial charge in [-0.25, -0.2) is 4.98 Å². The quantitative estimate of drug-likeness (QED) is 0.839. The van der Waals surface area contributed by atoms with E-state index in [2.05, 4.69) is 16.6 Å². The Kier molecular flexibility index (Phi) is 5.43. The number of carbonyl (C=O) groups is 1. The lowest BCUT2D eigenvalue weighted by atomic mass is 9.66. The molecule has 2 rings (SSSR count). The maximum absolute atomic E-state index is 12.5. The molecule has 0 aliphatic heterocycles. The van der Waals surface area contributed by atoms with Crippen LogP contribution in [0.1, 0.15) is 31.2 Å². The Bertz CT molecular complexity index is 461. The van der Waals surface area contributed by atoms with Gasteiger partial charge in [-0.05, 0) is 43.2 Å². The Morgan fingerprint density at radius 1 is 1.55 bits per heavy atom. The highest BCUT2D eigenvalue weighted by Crippen LogP contribution is 2.44. The molecule has 4 nitrogen and oxygen atoms in total. The van der Waals surface area contributed by atoms with E-state index in [4.69, 9.17) is 4.74 Å². The Hall–Kier alpha value is -1.07. The fourth-order valence-corrected chi connectivity index (χ4v) is 3.05. The van der Waals surface area contributed by atoms with E-state index in [1.165, 1.54) is 5.56 Å². The first-order chi connectivity index (χ1) is 9.70. The van der Waals surface area contributed by atoms with E-state index in [1.807, 2.05) is 12.1 Å². The van der Waals surface area contributed by atoms with Gasteiger partial charge in [0.1, 0.15) is 5.82 Å². The van der Waals surface area contributed by atoms with Crippen LogP contribution in [0.3, 0.4) is 0 Å². The Morgan fingerprint density at radius 3 is 2.95 bits per heavy atom. The van der Waals surface area contributed by atoms with E-state index >= 15 is 0 Å². The molecule has 0 unspecified atom stereocenters. The number of hydrogen-bond donors (Lipinski definition) is 1. The van der Waals surface area contributed by atoms with Crippen molar-refractivity contribution in [2.24, 2.45) is 5.41 Å². The van der Waals surface area contributed by atoms with Crippen LogP contribution < -0.4 is 5.32 Å². The topological polar surface area (TPSA) is 51.2 Å². The molecule has 1 amide bonds. The van der Waals surface area contributed by atoms with Gasteiger partial charge in [-0.2, -0.15) is 11.8 Å². The summed E-state index contributed by atoms with van der Waals surface area (Å²) in [5, 5.41) is 2.98. The van der Waals surface area contributed by atoms with Gasteiger partial charge in [-0.15, -0.1) is 0 Å². The maximum atomic E-state index is 12.5. The molecule has 0 aromatic carbocycles. The highest BCUT2D eigenvalue weighted by atomic mass is 32.2. The van der Waals surface area contributed by atoms with Crippen LogP contribution in [0.25, 0.3) is 0 Å². The van der Waals surface area contributed by atoms with Crippen molar-refractivity contribution in [2.45, 2.75) is 31.4 Å². The summed E-state index contributed by atoms with van der Waals surface area (Å²) >= 11 is 1.76. The fraction of sp³-hybridized carbons (Fsp3) is 0.600. The van der Waals surface area contributed by atoms with E-state index in [1.54, 1.807) is 25.1 Å². The molecule has 1 N–H and O–H groups in total. The third-order valence-corrected chi connectivity index (χ3v) is 4.58. The predicted octanol–water partition coefficient (Wildman–Crippen LogP) is 3.09. The molecule has 110 valence electrons. The molecule has 1 heterocycles. The summed E-state index contributed by atoms with van der Waals surface area (Å²) in [4.78, 5) is 16.7. The average molecular weight is 294 g/mol. The Morgan fingerprint density at radius 2 is 2.35 bits per heavy atom. The molecule has 1 aliphatic carbocycles. The third-order valence-electron chi connectivity index (χ3n) is 3.95. The largest absolute Gasteiger partial charge is 0.385 e. The molecule has 0 saturated heterocycles. The lowest BCUT2D eigenvalue weighted by molar-refractivity contribution is -0.131. The van der Waals surface area contributed by atoms with Crippen molar-refractivity contribution in [1.82, 2.24) is 4.98 Å². The number of rotatable bonds is 7. The van der Waals surface area contributed by atoms with E-state index < -0.39 is 0 Å². The van der Waals surface area contributed by atoms with Crippen molar-refractivity contribution in [3.8, 4) is 0 Å². The second kappa shape index (κ2) is 7.09. The number of pyridine rings is 1. The standard InChI is InChI=1S/C15H22N2O2S/c1-19-9-7-15(5-3-6-15)14(18)17-13-10-12(11-20-2)4-8-16-13/h4,8,10H,3,5-7,9,11H2,1-2H3,(H,16,17,18). The molecule has 0 bridgehead atoms. The van der Waals surface area contributed by atoms with Gasteiger partial charge in [0.25, 0.3) is 0 Å². The molecule has 0 atom stereocenters. The van der Waals surface area contributed by atoms with E-state index in [0.29, 0.717) is 12.4 Å². The molecular weight excluding hydrogens is 272 g/mol. The van der Waals surface area contributed by atoms with Crippen LogP contribution >= 0.6 is 11.8 Å². The Labute approximate surface area is 124 Å². The van der Waals surface area contributed by atoms with Gasteiger partial charge in [0, 0.05) is 25.7 Å². The summed E-state index contributed by atoms with van der Waals surface area (Å²) in [6, 6.07) is 3.94. The monoisotopic (exact) mass is 294 g/mol. The van der Waals surface area contributed by atoms with Crippen LogP contribution in [0.5, 0.6) is 0 Å². The SMILES string of the molecule is COCCC1(C(=O)Nc2cc(CSC)ccn2)CCC1. The fourth-order valence-electron chi connectivity index (χ4n) is 2.54. The molecule has 1 aliphatic rings. The molecular formula is C15H22N2O2S. The van der Waals surface area contributed by atoms with Crippen LogP contribution in [-0.2, 0) is 15.3 Å². The number of hydrogen-bond acceptors (Lipinski definition) is 4. The zero-order chi connectivity index (χ0) is 14.4. The lowest BCUT2D eigenvalue weighted by Crippen LogP contribution is -2.43. The predicted molar refractivity (Wildman–Crippen MR) is 82.9 cm³/mol. The van der Waals surface area contributed by atoms with Crippen LogP contribution in [0, 0.1) is 5.41 Å². The number of amides is 1. The molecule has 5 heteroatoms. The molecule has 0 radical (unpaired) electrons. The minimum Gasteiger partial charge on any atom is -0.385 e. The van der Waals surface area contributed by atoms with Gasteiger partial charge in [0.05, 0.1) is 5.41 Å². The number of nitrogens with one attached hydrogen (secondary N) is 1. The normalized spacial score (nSPS) is 16.5. The summed E-state index contributed by atoms with van der Waals surface area (Å²) in [6.45, 7) is 0.632. The van der Waals surface area contributed by atoms with Gasteiger partial charge in [0.2, 0.25) is 5.91 Å². The Balaban J connectivity index is 2.01. The van der Waals surface area contributed by atoms with Crippen molar-refractivity contribution in [1.29, 1.82) is 0 Å². The van der Waals surface area contributed by atoms with Crippen molar-refractivity contribution in [3.63, 3.8) is 0 Å². The minimum absolute atomic E-state index is 0.0922. The average Bonchev–Trinajstić information content (AvgIpc) is 2.38. The number of carbonyl (C=O) groups excluding carboxylic acids is 1. The summed E-state index contributed by atoms with van der Waals surface area (Å²) in [7, 11) is 1.68. The van der Waals surface area contributed by atoms with Gasteiger partial charge in [-0.1, -0.05) is 6.42 Å². The maximum Gasteiger partial charge on any atom is 0.231 e. The zero-order valence-corrected chi connectivity index (χ0v) is 13.0. The van der Waals surface area contributed by atoms with Crippen molar-refractivity contribution in [2.75, 3.05) is 25.3 Å². The zero-order valence-electron chi connectivity index (χ0n) is 12.1. The molecule has 0 spiro atoms. The number of methoxy groups -OCH3 is 1. The molecule has 1 fully saturated rings. The molecule has 1 saturated carbocycles. The minimum atomic E-state index is -0.243. The lowest BCUT2D eigenvalue weighted by Gasteiger charge is -2.40. The molecule has 20 heavy (non-hydrogen) atoms. The summed E-state index contributed by atoms with van der Waals surface area (Å²) in [5.41, 5.74) is 0.940. The third kappa shape index (κ3) is 3.52. The van der Waals surface area contributed by atoms with Gasteiger partial charge in [0.15, 0.2) is 0 Å². The van der Waals surface area contributed by atoms with E-state index in [0.717, 1.165) is 31.4 Å². The van der Waals surface area contributed by atoms with Crippen molar-refractivity contribution in [3.05, 3.63) is 23.9 Å². The first kappa shape index (κ1) is 15.3. The van der Waals surface area contributed by atoms with Crippen molar-refractivity contribution < 1.29 is 9.53 Å². The van der Waals surface area contributed by atoms with Crippen LogP contribution in [0.2, 0.25) is 0 Å². The van der Waals surface area contributed by atoms with Gasteiger partial charge >= 0.3 is 0 Å². The highest BCUT2D eigenvalue weighted by Gasteiger charge is 2.43. The molecule has 1 aromatic heterocycles. The summed E-state index contributed by atoms with van der Waals surface area (Å²) < 4.78 is 5.13. The number of ether oxygens (including phenoxy) is 1.